The summed E-state index contributed by atoms with van der Waals surface area (Å²) in [7, 11) is -2.22. The van der Waals surface area contributed by atoms with Crippen LogP contribution < -0.4 is 14.4 Å². The quantitative estimate of drug-likeness (QED) is 0.596. The van der Waals surface area contributed by atoms with Gasteiger partial charge in [-0.1, -0.05) is 42.3 Å². The number of sulfonamides is 1. The molecule has 32 heavy (non-hydrogen) atoms. The van der Waals surface area contributed by atoms with Gasteiger partial charge in [0.15, 0.2) is 0 Å². The number of rotatable bonds is 9. The van der Waals surface area contributed by atoms with Crippen molar-refractivity contribution in [2.24, 2.45) is 0 Å². The topological polar surface area (TPSA) is 79.0 Å². The van der Waals surface area contributed by atoms with Gasteiger partial charge in [0.2, 0.25) is 15.9 Å². The summed E-state index contributed by atoms with van der Waals surface area (Å²) >= 11 is 6.15. The van der Waals surface area contributed by atoms with Gasteiger partial charge in [-0.2, -0.15) is 0 Å². The summed E-state index contributed by atoms with van der Waals surface area (Å²) in [6.07, 6.45) is 4.78. The van der Waals surface area contributed by atoms with Crippen LogP contribution >= 0.6 is 11.6 Å². The molecule has 1 saturated heterocycles. The SMILES string of the molecule is COc1ccc(N(CC(=O)NCc2ccccc2CN2CCCCC2)S(C)(=O)=O)cc1Cl. The number of hydrogen-bond acceptors (Lipinski definition) is 5. The lowest BCUT2D eigenvalue weighted by Crippen LogP contribution is -2.40. The maximum absolute atomic E-state index is 12.7. The Bertz CT molecular complexity index is 1040. The summed E-state index contributed by atoms with van der Waals surface area (Å²) in [5.74, 6) is 0.0359. The van der Waals surface area contributed by atoms with Crippen molar-refractivity contribution in [1.29, 1.82) is 0 Å². The van der Waals surface area contributed by atoms with E-state index in [1.165, 1.54) is 38.0 Å². The van der Waals surface area contributed by atoms with Crippen LogP contribution in [-0.4, -0.2) is 52.2 Å². The third kappa shape index (κ3) is 6.60. The highest BCUT2D eigenvalue weighted by molar-refractivity contribution is 7.92. The van der Waals surface area contributed by atoms with Crippen LogP contribution in [0.15, 0.2) is 42.5 Å². The molecule has 1 heterocycles. The van der Waals surface area contributed by atoms with E-state index < -0.39 is 15.9 Å². The van der Waals surface area contributed by atoms with Crippen molar-refractivity contribution in [3.63, 3.8) is 0 Å². The molecule has 1 aliphatic heterocycles. The van der Waals surface area contributed by atoms with Crippen LogP contribution in [0.3, 0.4) is 0 Å². The summed E-state index contributed by atoms with van der Waals surface area (Å²) < 4.78 is 30.8. The lowest BCUT2D eigenvalue weighted by molar-refractivity contribution is -0.119. The van der Waals surface area contributed by atoms with E-state index in [2.05, 4.69) is 16.3 Å². The fourth-order valence-corrected chi connectivity index (χ4v) is 4.93. The van der Waals surface area contributed by atoms with Crippen LogP contribution in [0.2, 0.25) is 5.02 Å². The lowest BCUT2D eigenvalue weighted by atomic mass is 10.0. The molecule has 2 aromatic carbocycles. The number of likely N-dealkylation sites (tertiary alicyclic amines) is 1. The molecule has 1 fully saturated rings. The number of nitrogens with one attached hydrogen (secondary N) is 1. The van der Waals surface area contributed by atoms with E-state index in [1.807, 2.05) is 18.2 Å². The van der Waals surface area contributed by atoms with E-state index in [0.29, 0.717) is 18.0 Å². The van der Waals surface area contributed by atoms with E-state index in [4.69, 9.17) is 16.3 Å². The molecule has 9 heteroatoms. The number of ether oxygens (including phenoxy) is 1. The van der Waals surface area contributed by atoms with Crippen LogP contribution in [0.25, 0.3) is 0 Å². The van der Waals surface area contributed by atoms with Crippen molar-refractivity contribution in [2.45, 2.75) is 32.4 Å². The number of benzene rings is 2. The van der Waals surface area contributed by atoms with E-state index in [9.17, 15) is 13.2 Å². The van der Waals surface area contributed by atoms with Crippen molar-refractivity contribution in [1.82, 2.24) is 10.2 Å². The molecule has 1 aliphatic rings. The fraction of sp³-hybridized carbons (Fsp3) is 0.435. The largest absolute Gasteiger partial charge is 0.495 e. The predicted molar refractivity (Wildman–Crippen MR) is 128 cm³/mol. The monoisotopic (exact) mass is 479 g/mol. The number of carbonyl (C=O) groups excluding carboxylic acids is 1. The van der Waals surface area contributed by atoms with Gasteiger partial charge in [-0.15, -0.1) is 0 Å². The first kappa shape index (κ1) is 24.4. The van der Waals surface area contributed by atoms with E-state index in [0.717, 1.165) is 35.8 Å². The molecule has 3 rings (SSSR count). The third-order valence-electron chi connectivity index (χ3n) is 5.55. The fourth-order valence-electron chi connectivity index (χ4n) is 3.83. The number of amides is 1. The first-order valence-corrected chi connectivity index (χ1v) is 12.9. The van der Waals surface area contributed by atoms with E-state index in [-0.39, 0.29) is 11.6 Å². The number of methoxy groups -OCH3 is 1. The van der Waals surface area contributed by atoms with Crippen molar-refractivity contribution in [2.75, 3.05) is 37.3 Å². The average molecular weight is 480 g/mol. The summed E-state index contributed by atoms with van der Waals surface area (Å²) in [5.41, 5.74) is 2.51. The maximum Gasteiger partial charge on any atom is 0.241 e. The summed E-state index contributed by atoms with van der Waals surface area (Å²) in [5, 5.41) is 3.13. The number of carbonyl (C=O) groups is 1. The van der Waals surface area contributed by atoms with Crippen LogP contribution in [-0.2, 0) is 27.9 Å². The van der Waals surface area contributed by atoms with Gasteiger partial charge in [-0.3, -0.25) is 14.0 Å². The van der Waals surface area contributed by atoms with Crippen molar-refractivity contribution in [3.05, 3.63) is 58.6 Å². The zero-order valence-electron chi connectivity index (χ0n) is 18.5. The number of hydrogen-bond donors (Lipinski definition) is 1. The summed E-state index contributed by atoms with van der Waals surface area (Å²) in [4.78, 5) is 15.1. The molecule has 7 nitrogen and oxygen atoms in total. The van der Waals surface area contributed by atoms with Gasteiger partial charge < -0.3 is 10.1 Å². The molecule has 1 N–H and O–H groups in total. The first-order valence-electron chi connectivity index (χ1n) is 10.6. The molecule has 0 radical (unpaired) electrons. The Labute approximate surface area is 195 Å². The zero-order chi connectivity index (χ0) is 23.1. The van der Waals surface area contributed by atoms with Crippen molar-refractivity contribution < 1.29 is 17.9 Å². The minimum Gasteiger partial charge on any atom is -0.495 e. The van der Waals surface area contributed by atoms with Gasteiger partial charge in [0.1, 0.15) is 12.3 Å². The summed E-state index contributed by atoms with van der Waals surface area (Å²) in [6, 6.07) is 12.6. The Morgan fingerprint density at radius 2 is 1.81 bits per heavy atom. The molecule has 174 valence electrons. The van der Waals surface area contributed by atoms with Crippen LogP contribution in [0, 0.1) is 0 Å². The molecular formula is C23H30ClN3O4S. The first-order chi connectivity index (χ1) is 15.3. The molecule has 1 amide bonds. The second-order valence-electron chi connectivity index (χ2n) is 7.97. The highest BCUT2D eigenvalue weighted by atomic mass is 35.5. The Morgan fingerprint density at radius 3 is 2.44 bits per heavy atom. The van der Waals surface area contributed by atoms with Crippen molar-refractivity contribution in [3.8, 4) is 5.75 Å². The third-order valence-corrected chi connectivity index (χ3v) is 6.98. The normalized spacial score (nSPS) is 14.7. The van der Waals surface area contributed by atoms with Crippen molar-refractivity contribution >= 4 is 33.2 Å². The molecule has 0 aromatic heterocycles. The maximum atomic E-state index is 12.7. The number of halogens is 1. The van der Waals surface area contributed by atoms with Gasteiger partial charge in [-0.05, 0) is 55.3 Å². The Hall–Kier alpha value is -2.29. The lowest BCUT2D eigenvalue weighted by Gasteiger charge is -2.27. The molecule has 0 atom stereocenters. The number of anilines is 1. The molecule has 0 bridgehead atoms. The molecule has 0 saturated carbocycles. The standard InChI is InChI=1S/C23H30ClN3O4S/c1-31-22-11-10-20(14-21(22)24)27(32(2,29)30)17-23(28)25-15-18-8-4-5-9-19(18)16-26-12-6-3-7-13-26/h4-5,8-11,14H,3,6-7,12-13,15-17H2,1-2H3,(H,25,28). The zero-order valence-corrected chi connectivity index (χ0v) is 20.1. The average Bonchev–Trinajstić information content (AvgIpc) is 2.77. The minimum atomic E-state index is -3.69. The van der Waals surface area contributed by atoms with Crippen LogP contribution in [0.4, 0.5) is 5.69 Å². The van der Waals surface area contributed by atoms with Crippen LogP contribution in [0.5, 0.6) is 5.75 Å². The molecular weight excluding hydrogens is 450 g/mol. The molecule has 2 aromatic rings. The number of nitrogens with zero attached hydrogens (tertiary/aromatic N) is 2. The second kappa shape index (κ2) is 11.0. The molecule has 0 aliphatic carbocycles. The van der Waals surface area contributed by atoms with E-state index in [1.54, 1.807) is 12.1 Å². The van der Waals surface area contributed by atoms with Gasteiger partial charge in [-0.25, -0.2) is 8.42 Å². The summed E-state index contributed by atoms with van der Waals surface area (Å²) in [6.45, 7) is 3.04. The highest BCUT2D eigenvalue weighted by Crippen LogP contribution is 2.30. The predicted octanol–water partition coefficient (Wildman–Crippen LogP) is 3.42. The molecule has 0 spiro atoms. The van der Waals surface area contributed by atoms with Gasteiger partial charge in [0.05, 0.1) is 24.1 Å². The smallest absolute Gasteiger partial charge is 0.241 e. The Kier molecular flexibility index (Phi) is 8.39. The molecule has 0 unspecified atom stereocenters. The number of piperidine rings is 1. The highest BCUT2D eigenvalue weighted by Gasteiger charge is 2.22. The van der Waals surface area contributed by atoms with Gasteiger partial charge in [0.25, 0.3) is 0 Å². The van der Waals surface area contributed by atoms with Gasteiger partial charge >= 0.3 is 0 Å². The Balaban J connectivity index is 1.67. The van der Waals surface area contributed by atoms with E-state index >= 15 is 0 Å². The van der Waals surface area contributed by atoms with Crippen LogP contribution in [0.1, 0.15) is 30.4 Å². The Morgan fingerprint density at radius 1 is 1.12 bits per heavy atom. The van der Waals surface area contributed by atoms with Gasteiger partial charge in [0, 0.05) is 13.1 Å². The minimum absolute atomic E-state index is 0.269. The second-order valence-corrected chi connectivity index (χ2v) is 10.3.